The molecule has 0 bridgehead atoms. The summed E-state index contributed by atoms with van der Waals surface area (Å²) in [6.45, 7) is 6.55. The maximum atomic E-state index is 11.5. The van der Waals surface area contributed by atoms with Gasteiger partial charge in [-0.15, -0.1) is 0 Å². The van der Waals surface area contributed by atoms with E-state index >= 15 is 0 Å². The minimum atomic E-state index is 0.124. The van der Waals surface area contributed by atoms with E-state index < -0.39 is 0 Å². The summed E-state index contributed by atoms with van der Waals surface area (Å²) in [5.74, 6) is 4.51. The summed E-state index contributed by atoms with van der Waals surface area (Å²) in [6, 6.07) is 0. The van der Waals surface area contributed by atoms with E-state index in [0.29, 0.717) is 17.7 Å². The van der Waals surface area contributed by atoms with Crippen LogP contribution in [-0.2, 0) is 4.79 Å². The average Bonchev–Trinajstić information content (AvgIpc) is 2.30. The Labute approximate surface area is 113 Å². The van der Waals surface area contributed by atoms with Crippen LogP contribution in [0.3, 0.4) is 0 Å². The number of amides is 1. The van der Waals surface area contributed by atoms with Crippen molar-refractivity contribution < 1.29 is 4.79 Å². The van der Waals surface area contributed by atoms with Gasteiger partial charge in [-0.3, -0.25) is 4.79 Å². The van der Waals surface area contributed by atoms with Crippen LogP contribution in [-0.4, -0.2) is 48.0 Å². The van der Waals surface area contributed by atoms with Crippen LogP contribution < -0.4 is 10.6 Å². The fourth-order valence-electron chi connectivity index (χ4n) is 1.56. The lowest BCUT2D eigenvalue weighted by molar-refractivity contribution is -0.120. The molecule has 1 unspecified atom stereocenters. The molecule has 0 aromatic heterocycles. The molecule has 100 valence electrons. The second kappa shape index (κ2) is 9.11. The number of rotatable bonds is 7. The van der Waals surface area contributed by atoms with Gasteiger partial charge in [-0.05, 0) is 12.3 Å². The van der Waals surface area contributed by atoms with Gasteiger partial charge in [0.2, 0.25) is 5.91 Å². The first-order valence-corrected chi connectivity index (χ1v) is 8.55. The molecule has 0 aromatic rings. The molecule has 0 aliphatic carbocycles. The molecular formula is C12H24N2OS2. The predicted molar refractivity (Wildman–Crippen MR) is 78.9 cm³/mol. The van der Waals surface area contributed by atoms with Crippen molar-refractivity contribution in [3.05, 3.63) is 0 Å². The first kappa shape index (κ1) is 15.2. The molecule has 1 rings (SSSR count). The van der Waals surface area contributed by atoms with Crippen molar-refractivity contribution in [1.82, 2.24) is 10.6 Å². The van der Waals surface area contributed by atoms with E-state index in [1.807, 2.05) is 23.5 Å². The van der Waals surface area contributed by atoms with E-state index in [0.717, 1.165) is 19.5 Å². The summed E-state index contributed by atoms with van der Waals surface area (Å²) < 4.78 is 0. The van der Waals surface area contributed by atoms with Crippen molar-refractivity contribution in [3.63, 3.8) is 0 Å². The third-order valence-corrected chi connectivity index (χ3v) is 5.43. The van der Waals surface area contributed by atoms with Crippen molar-refractivity contribution in [2.75, 3.05) is 36.9 Å². The SMILES string of the molecule is CC(C)CCNC(=O)CNCC1CSCCS1. The van der Waals surface area contributed by atoms with Crippen molar-refractivity contribution in [3.8, 4) is 0 Å². The highest BCUT2D eigenvalue weighted by Gasteiger charge is 2.13. The van der Waals surface area contributed by atoms with Gasteiger partial charge in [-0.2, -0.15) is 23.5 Å². The summed E-state index contributed by atoms with van der Waals surface area (Å²) in [6.07, 6.45) is 1.06. The summed E-state index contributed by atoms with van der Waals surface area (Å²) in [4.78, 5) is 11.5. The molecule has 1 atom stereocenters. The highest BCUT2D eigenvalue weighted by molar-refractivity contribution is 8.06. The molecule has 1 aliphatic heterocycles. The highest BCUT2D eigenvalue weighted by atomic mass is 32.2. The maximum absolute atomic E-state index is 11.5. The third-order valence-electron chi connectivity index (χ3n) is 2.59. The lowest BCUT2D eigenvalue weighted by atomic mass is 10.1. The molecule has 1 aliphatic rings. The molecule has 3 nitrogen and oxygen atoms in total. The Bertz CT molecular complexity index is 219. The normalized spacial score (nSPS) is 20.5. The van der Waals surface area contributed by atoms with Crippen LogP contribution in [0, 0.1) is 5.92 Å². The number of carbonyl (C=O) groups excluding carboxylic acids is 1. The standard InChI is InChI=1S/C12H24N2OS2/c1-10(2)3-4-14-12(15)8-13-7-11-9-16-5-6-17-11/h10-11,13H,3-9H2,1-2H3,(H,14,15). The Morgan fingerprint density at radius 3 is 2.88 bits per heavy atom. The summed E-state index contributed by atoms with van der Waals surface area (Å²) in [5.41, 5.74) is 0. The van der Waals surface area contributed by atoms with Gasteiger partial charge < -0.3 is 10.6 Å². The van der Waals surface area contributed by atoms with Crippen molar-refractivity contribution >= 4 is 29.4 Å². The van der Waals surface area contributed by atoms with Gasteiger partial charge in [-0.25, -0.2) is 0 Å². The molecular weight excluding hydrogens is 252 g/mol. The zero-order valence-corrected chi connectivity index (χ0v) is 12.5. The summed E-state index contributed by atoms with van der Waals surface area (Å²) >= 11 is 4.04. The maximum Gasteiger partial charge on any atom is 0.233 e. The number of hydrogen-bond acceptors (Lipinski definition) is 4. The van der Waals surface area contributed by atoms with Crippen LogP contribution in [0.1, 0.15) is 20.3 Å². The van der Waals surface area contributed by atoms with E-state index in [-0.39, 0.29) is 5.91 Å². The van der Waals surface area contributed by atoms with Crippen LogP contribution >= 0.6 is 23.5 Å². The monoisotopic (exact) mass is 276 g/mol. The van der Waals surface area contributed by atoms with E-state index in [1.165, 1.54) is 17.3 Å². The fraction of sp³-hybridized carbons (Fsp3) is 0.917. The molecule has 1 heterocycles. The Morgan fingerprint density at radius 1 is 1.41 bits per heavy atom. The van der Waals surface area contributed by atoms with Gasteiger partial charge in [-0.1, -0.05) is 13.8 Å². The fourth-order valence-corrected chi connectivity index (χ4v) is 4.21. The molecule has 0 aromatic carbocycles. The minimum Gasteiger partial charge on any atom is -0.355 e. The first-order chi connectivity index (χ1) is 8.18. The Hall–Kier alpha value is 0.130. The molecule has 1 amide bonds. The van der Waals surface area contributed by atoms with E-state index in [2.05, 4.69) is 24.5 Å². The van der Waals surface area contributed by atoms with Gasteiger partial charge in [0.1, 0.15) is 0 Å². The molecule has 2 N–H and O–H groups in total. The molecule has 0 radical (unpaired) electrons. The van der Waals surface area contributed by atoms with Crippen molar-refractivity contribution in [1.29, 1.82) is 0 Å². The van der Waals surface area contributed by atoms with Crippen LogP contribution in [0.2, 0.25) is 0 Å². The molecule has 0 spiro atoms. The quantitative estimate of drug-likeness (QED) is 0.741. The average molecular weight is 276 g/mol. The first-order valence-electron chi connectivity index (χ1n) is 6.35. The van der Waals surface area contributed by atoms with E-state index in [4.69, 9.17) is 0 Å². The Kier molecular flexibility index (Phi) is 8.14. The topological polar surface area (TPSA) is 41.1 Å². The van der Waals surface area contributed by atoms with Crippen molar-refractivity contribution in [2.24, 2.45) is 5.92 Å². The largest absolute Gasteiger partial charge is 0.355 e. The van der Waals surface area contributed by atoms with Gasteiger partial charge in [0.05, 0.1) is 6.54 Å². The smallest absolute Gasteiger partial charge is 0.233 e. The van der Waals surface area contributed by atoms with E-state index in [1.54, 1.807) is 0 Å². The molecule has 1 saturated heterocycles. The number of carbonyl (C=O) groups is 1. The Balaban J connectivity index is 1.95. The minimum absolute atomic E-state index is 0.124. The highest BCUT2D eigenvalue weighted by Crippen LogP contribution is 2.23. The molecule has 1 fully saturated rings. The Morgan fingerprint density at radius 2 is 2.24 bits per heavy atom. The second-order valence-corrected chi connectivity index (χ2v) is 7.29. The number of nitrogens with one attached hydrogen (secondary N) is 2. The van der Waals surface area contributed by atoms with Gasteiger partial charge in [0.25, 0.3) is 0 Å². The van der Waals surface area contributed by atoms with Gasteiger partial charge in [0.15, 0.2) is 0 Å². The molecule has 5 heteroatoms. The summed E-state index contributed by atoms with van der Waals surface area (Å²) in [7, 11) is 0. The third kappa shape index (κ3) is 7.95. The lowest BCUT2D eigenvalue weighted by Gasteiger charge is -2.21. The number of hydrogen-bond donors (Lipinski definition) is 2. The predicted octanol–water partition coefficient (Wildman–Crippen LogP) is 1.59. The lowest BCUT2D eigenvalue weighted by Crippen LogP contribution is -2.38. The van der Waals surface area contributed by atoms with Crippen LogP contribution in [0.4, 0.5) is 0 Å². The number of thioether (sulfide) groups is 2. The summed E-state index contributed by atoms with van der Waals surface area (Å²) in [5, 5.41) is 6.86. The van der Waals surface area contributed by atoms with Crippen LogP contribution in [0.25, 0.3) is 0 Å². The zero-order valence-electron chi connectivity index (χ0n) is 10.8. The molecule has 0 saturated carbocycles. The van der Waals surface area contributed by atoms with Crippen LogP contribution in [0.5, 0.6) is 0 Å². The van der Waals surface area contributed by atoms with Crippen LogP contribution in [0.15, 0.2) is 0 Å². The van der Waals surface area contributed by atoms with E-state index in [9.17, 15) is 4.79 Å². The zero-order chi connectivity index (χ0) is 12.5. The molecule has 17 heavy (non-hydrogen) atoms. The van der Waals surface area contributed by atoms with Gasteiger partial charge >= 0.3 is 0 Å². The van der Waals surface area contributed by atoms with Crippen molar-refractivity contribution in [2.45, 2.75) is 25.5 Å². The van der Waals surface area contributed by atoms with Gasteiger partial charge in [0, 0.05) is 35.6 Å². The second-order valence-electron chi connectivity index (χ2n) is 4.73.